The molecule has 20 atom stereocenters. The van der Waals surface area contributed by atoms with Crippen LogP contribution in [-0.4, -0.2) is 124 Å². The van der Waals surface area contributed by atoms with Crippen molar-refractivity contribution in [2.75, 3.05) is 13.7 Å². The van der Waals surface area contributed by atoms with Crippen LogP contribution in [0, 0.1) is 45.3 Å². The van der Waals surface area contributed by atoms with Gasteiger partial charge in [-0.3, -0.25) is 0 Å². The number of methoxy groups -OCH3 is 1. The van der Waals surface area contributed by atoms with Crippen LogP contribution in [0.1, 0.15) is 107 Å². The molecule has 0 aromatic rings. The fourth-order valence-corrected chi connectivity index (χ4v) is 13.1. The lowest BCUT2D eigenvalue weighted by Gasteiger charge is -2.65. The number of allylic oxidation sites excluding steroid dienone is 3. The topological polar surface area (TPSA) is 177 Å². The maximum absolute atomic E-state index is 11.1. The van der Waals surface area contributed by atoms with Crippen molar-refractivity contribution in [1.29, 1.82) is 0 Å². The van der Waals surface area contributed by atoms with Crippen molar-refractivity contribution in [2.24, 2.45) is 45.3 Å². The lowest BCUT2D eigenvalue weighted by atomic mass is 9.41. The number of hydrogen-bond donors (Lipinski definition) is 6. The molecule has 3 saturated carbocycles. The molecule has 3 aliphatic heterocycles. The van der Waals surface area contributed by atoms with E-state index in [1.54, 1.807) is 19.6 Å². The van der Waals surface area contributed by atoms with Crippen LogP contribution in [0.25, 0.3) is 0 Å². The van der Waals surface area contributed by atoms with E-state index in [1.165, 1.54) is 24.8 Å². The van der Waals surface area contributed by atoms with E-state index in [9.17, 15) is 30.6 Å². The molecule has 12 heteroatoms. The lowest BCUT2D eigenvalue weighted by molar-refractivity contribution is -0.342. The van der Waals surface area contributed by atoms with Gasteiger partial charge in [-0.05, 0) is 112 Å². The molecule has 0 radical (unpaired) electrons. The van der Waals surface area contributed by atoms with Crippen molar-refractivity contribution in [3.8, 4) is 0 Å². The zero-order valence-corrected chi connectivity index (χ0v) is 34.5. The predicted molar refractivity (Wildman–Crippen MR) is 202 cm³/mol. The van der Waals surface area contributed by atoms with Gasteiger partial charge < -0.3 is 59.1 Å². The fourth-order valence-electron chi connectivity index (χ4n) is 13.1. The Kier molecular flexibility index (Phi) is 11.7. The summed E-state index contributed by atoms with van der Waals surface area (Å²) in [4.78, 5) is 0. The Morgan fingerprint density at radius 3 is 2.18 bits per heavy atom. The summed E-state index contributed by atoms with van der Waals surface area (Å²) < 4.78 is 36.4. The molecule has 0 bridgehead atoms. The van der Waals surface area contributed by atoms with E-state index in [-0.39, 0.29) is 46.8 Å². The molecule has 6 fully saturated rings. The Morgan fingerprint density at radius 2 is 1.49 bits per heavy atom. The average molecular weight is 779 g/mol. The molecule has 6 N–H and O–H groups in total. The van der Waals surface area contributed by atoms with E-state index < -0.39 is 61.4 Å². The second-order valence-corrected chi connectivity index (χ2v) is 19.9. The monoisotopic (exact) mass is 778 g/mol. The van der Waals surface area contributed by atoms with Gasteiger partial charge in [-0.2, -0.15) is 0 Å². The van der Waals surface area contributed by atoms with E-state index in [4.69, 9.17) is 28.4 Å². The van der Waals surface area contributed by atoms with Gasteiger partial charge in [-0.15, -0.1) is 0 Å². The highest BCUT2D eigenvalue weighted by Gasteiger charge is 2.67. The highest BCUT2D eigenvalue weighted by molar-refractivity contribution is 5.33. The van der Waals surface area contributed by atoms with E-state index in [1.807, 2.05) is 0 Å². The van der Waals surface area contributed by atoms with Crippen LogP contribution in [0.3, 0.4) is 0 Å². The van der Waals surface area contributed by atoms with Crippen molar-refractivity contribution >= 4 is 0 Å². The summed E-state index contributed by atoms with van der Waals surface area (Å²) in [6.45, 7) is 17.6. The number of fused-ring (bicyclic) bond motifs is 5. The number of hydrogen-bond acceptors (Lipinski definition) is 12. The molecule has 7 aliphatic rings. The molecular formula is C43H70O12. The first-order valence-corrected chi connectivity index (χ1v) is 21.0. The molecular weight excluding hydrogens is 708 g/mol. The third-order valence-electron chi connectivity index (χ3n) is 16.5. The Hall–Kier alpha value is -1.00. The van der Waals surface area contributed by atoms with Gasteiger partial charge in [-0.1, -0.05) is 57.9 Å². The number of rotatable bonds is 8. The van der Waals surface area contributed by atoms with Gasteiger partial charge in [0.15, 0.2) is 18.9 Å². The average Bonchev–Trinajstić information content (AvgIpc) is 3.65. The van der Waals surface area contributed by atoms with Crippen LogP contribution in [0.4, 0.5) is 0 Å². The van der Waals surface area contributed by atoms with Gasteiger partial charge in [0.2, 0.25) is 0 Å². The van der Waals surface area contributed by atoms with Crippen LogP contribution < -0.4 is 0 Å². The van der Waals surface area contributed by atoms with Crippen LogP contribution in [-0.2, 0) is 28.4 Å². The van der Waals surface area contributed by atoms with Crippen LogP contribution in [0.5, 0.6) is 0 Å². The molecule has 0 unspecified atom stereocenters. The van der Waals surface area contributed by atoms with Gasteiger partial charge in [0.25, 0.3) is 0 Å². The first-order chi connectivity index (χ1) is 25.8. The first kappa shape index (κ1) is 42.1. The van der Waals surface area contributed by atoms with Crippen LogP contribution >= 0.6 is 0 Å². The fraction of sp³-hybridized carbons (Fsp3) is 0.907. The predicted octanol–water partition coefficient (Wildman–Crippen LogP) is 3.97. The standard InChI is InChI=1S/C43H70O12/c1-21(2)18-23-19-24(37(50-9)53-23)25-12-16-43(8)27-10-11-29-40(4,5)30(14-15-41(29,6)26(27)13-17-42(25,43)7)55-39-36(49)34(47)32(45)28(54-39)20-51-38-35(48)33(46)31(44)22(3)52-38/h10,18,22-26,28-39,44-49H,11-17,19-20H2,1-9H3/t22-,23+,24-,25-,26-,28+,29-,30-,31-,32+,33+,34-,35+,36+,37-,38-,39-,41+,42-,43+/m0/s1. The molecule has 0 amide bonds. The third-order valence-corrected chi connectivity index (χ3v) is 16.5. The molecule has 0 aromatic heterocycles. The Balaban J connectivity index is 1.05. The summed E-state index contributed by atoms with van der Waals surface area (Å²) >= 11 is 0. The summed E-state index contributed by atoms with van der Waals surface area (Å²) in [5, 5.41) is 63.5. The molecule has 0 spiro atoms. The maximum Gasteiger partial charge on any atom is 0.186 e. The van der Waals surface area contributed by atoms with E-state index in [0.717, 1.165) is 32.1 Å². The van der Waals surface area contributed by atoms with Crippen molar-refractivity contribution in [2.45, 2.75) is 187 Å². The lowest BCUT2D eigenvalue weighted by Crippen LogP contribution is -2.63. The Morgan fingerprint density at radius 1 is 0.800 bits per heavy atom. The highest BCUT2D eigenvalue weighted by Crippen LogP contribution is 2.74. The number of ether oxygens (including phenoxy) is 6. The number of aliphatic hydroxyl groups is 6. The van der Waals surface area contributed by atoms with Gasteiger partial charge in [0.05, 0.1) is 24.9 Å². The van der Waals surface area contributed by atoms with Crippen LogP contribution in [0.15, 0.2) is 23.3 Å². The normalized spacial score (nSPS) is 53.5. The van der Waals surface area contributed by atoms with Gasteiger partial charge >= 0.3 is 0 Å². The quantitative estimate of drug-likeness (QED) is 0.196. The largest absolute Gasteiger partial charge is 0.388 e. The Bertz CT molecular complexity index is 1450. The van der Waals surface area contributed by atoms with E-state index in [2.05, 4.69) is 60.6 Å². The molecule has 55 heavy (non-hydrogen) atoms. The van der Waals surface area contributed by atoms with E-state index >= 15 is 0 Å². The minimum Gasteiger partial charge on any atom is -0.388 e. The second kappa shape index (κ2) is 15.2. The zero-order chi connectivity index (χ0) is 40.0. The summed E-state index contributed by atoms with van der Waals surface area (Å²) in [6.07, 6.45) is -0.450. The highest BCUT2D eigenvalue weighted by atomic mass is 16.7. The minimum atomic E-state index is -1.56. The molecule has 12 nitrogen and oxygen atoms in total. The zero-order valence-electron chi connectivity index (χ0n) is 34.5. The molecule has 3 saturated heterocycles. The summed E-state index contributed by atoms with van der Waals surface area (Å²) in [7, 11) is 1.79. The first-order valence-electron chi connectivity index (χ1n) is 21.0. The third kappa shape index (κ3) is 6.84. The van der Waals surface area contributed by atoms with Gasteiger partial charge in [0, 0.05) is 13.0 Å². The van der Waals surface area contributed by atoms with Gasteiger partial charge in [-0.25, -0.2) is 0 Å². The van der Waals surface area contributed by atoms with Crippen LogP contribution in [0.2, 0.25) is 0 Å². The minimum absolute atomic E-state index is 0.0597. The molecule has 314 valence electrons. The molecule has 4 aliphatic carbocycles. The maximum atomic E-state index is 11.1. The second-order valence-electron chi connectivity index (χ2n) is 19.9. The number of aliphatic hydroxyl groups excluding tert-OH is 6. The molecule has 7 rings (SSSR count). The van der Waals surface area contributed by atoms with Crippen molar-refractivity contribution in [3.63, 3.8) is 0 Å². The van der Waals surface area contributed by atoms with E-state index in [0.29, 0.717) is 23.7 Å². The SMILES string of the molecule is CO[C@H]1O[C@H](C=C(C)C)C[C@H]1[C@@H]1CC[C@]2(C)C3=CC[C@H]4C(C)(C)[C@@H](O[C@@H]5O[C@H](CO[C@H]6O[C@@H](C)[C@H](O)[C@@H](O)[C@H]6O)[C@@H](O)[C@H](O)[C@H]5O)CC[C@]4(C)[C@H]3CC[C@@]12C. The van der Waals surface area contributed by atoms with Crippen molar-refractivity contribution in [1.82, 2.24) is 0 Å². The van der Waals surface area contributed by atoms with Gasteiger partial charge in [0.1, 0.15) is 42.7 Å². The molecule has 0 aromatic carbocycles. The summed E-state index contributed by atoms with van der Waals surface area (Å²) in [5.74, 6) is 1.68. The van der Waals surface area contributed by atoms with Crippen molar-refractivity contribution in [3.05, 3.63) is 23.3 Å². The smallest absolute Gasteiger partial charge is 0.186 e. The summed E-state index contributed by atoms with van der Waals surface area (Å²) in [6, 6.07) is 0. The Labute approximate surface area is 327 Å². The molecule has 3 heterocycles. The summed E-state index contributed by atoms with van der Waals surface area (Å²) in [5.41, 5.74) is 2.94. The van der Waals surface area contributed by atoms with Crippen molar-refractivity contribution < 1.29 is 59.1 Å².